The van der Waals surface area contributed by atoms with Crippen LogP contribution in [0.2, 0.25) is 0 Å². The number of nitrogens with zero attached hydrogens (tertiary/aromatic N) is 7. The lowest BCUT2D eigenvalue weighted by atomic mass is 9.95. The lowest BCUT2D eigenvalue weighted by molar-refractivity contribution is -0.128. The number of rotatable bonds is 8. The topological polar surface area (TPSA) is 99.7 Å². The van der Waals surface area contributed by atoms with Crippen molar-refractivity contribution < 1.29 is 9.53 Å². The van der Waals surface area contributed by atoms with Gasteiger partial charge in [0, 0.05) is 54.9 Å². The minimum Gasteiger partial charge on any atom is -0.475 e. The van der Waals surface area contributed by atoms with Crippen LogP contribution in [0.5, 0.6) is 5.88 Å². The molecule has 3 aromatic rings. The molecule has 0 spiro atoms. The molecule has 238 valence electrons. The third-order valence-corrected chi connectivity index (χ3v) is 9.92. The van der Waals surface area contributed by atoms with Gasteiger partial charge in [-0.2, -0.15) is 10.5 Å². The minimum atomic E-state index is -0.305. The fourth-order valence-electron chi connectivity index (χ4n) is 7.70. The van der Waals surface area contributed by atoms with Gasteiger partial charge in [0.1, 0.15) is 18.2 Å². The highest BCUT2D eigenvalue weighted by molar-refractivity contribution is 5.97. The zero-order chi connectivity index (χ0) is 32.4. The summed E-state index contributed by atoms with van der Waals surface area (Å²) in [4.78, 5) is 26.5. The third kappa shape index (κ3) is 5.88. The standard InChI is InChI=1S/C37H43N7O2/c1-5-34(45)44-20-19-42(22-28(44)14-16-38)36-30-15-18-41(33-13-7-11-27-10-6-9-26(4)35(27)33)23-32(30)40-37(31(36)21-39)46-24-29-12-8-17-43(29)25(2)3/h5-7,9-11,13,25,28-29H,1,8,12,14-15,17-20,22-24H2,2-4H3. The quantitative estimate of drug-likeness (QED) is 0.312. The second-order valence-corrected chi connectivity index (χ2v) is 12.9. The molecule has 0 aliphatic carbocycles. The number of carbonyl (C=O) groups is 1. The van der Waals surface area contributed by atoms with Crippen molar-refractivity contribution in [2.45, 2.75) is 71.1 Å². The van der Waals surface area contributed by atoms with Crippen molar-refractivity contribution in [1.82, 2.24) is 14.8 Å². The summed E-state index contributed by atoms with van der Waals surface area (Å²) in [5, 5.41) is 22.7. The lowest BCUT2D eigenvalue weighted by Gasteiger charge is -2.43. The summed E-state index contributed by atoms with van der Waals surface area (Å²) in [5.74, 6) is 0.206. The van der Waals surface area contributed by atoms with Crippen LogP contribution in [0.25, 0.3) is 10.8 Å². The average molecular weight is 618 g/mol. The van der Waals surface area contributed by atoms with Gasteiger partial charge in [-0.15, -0.1) is 0 Å². The smallest absolute Gasteiger partial charge is 0.246 e. The Kier molecular flexibility index (Phi) is 9.15. The van der Waals surface area contributed by atoms with E-state index in [0.717, 1.165) is 42.9 Å². The molecule has 2 atom stereocenters. The van der Waals surface area contributed by atoms with Crippen molar-refractivity contribution in [2.24, 2.45) is 0 Å². The monoisotopic (exact) mass is 617 g/mol. The molecule has 3 aliphatic rings. The van der Waals surface area contributed by atoms with Gasteiger partial charge in [0.25, 0.3) is 0 Å². The molecule has 2 unspecified atom stereocenters. The Morgan fingerprint density at radius 3 is 2.65 bits per heavy atom. The fraction of sp³-hybridized carbons (Fsp3) is 0.459. The van der Waals surface area contributed by atoms with Gasteiger partial charge in [0.05, 0.1) is 36.5 Å². The maximum atomic E-state index is 12.7. The van der Waals surface area contributed by atoms with Gasteiger partial charge < -0.3 is 19.4 Å². The Bertz CT molecular complexity index is 1720. The van der Waals surface area contributed by atoms with Crippen LogP contribution in [-0.2, 0) is 17.8 Å². The molecule has 0 N–H and O–H groups in total. The first-order valence-corrected chi connectivity index (χ1v) is 16.5. The number of carbonyl (C=O) groups excluding carboxylic acids is 1. The number of aromatic nitrogens is 1. The lowest BCUT2D eigenvalue weighted by Crippen LogP contribution is -2.55. The molecule has 2 fully saturated rings. The number of pyridine rings is 1. The number of anilines is 2. The predicted octanol–water partition coefficient (Wildman–Crippen LogP) is 5.35. The van der Waals surface area contributed by atoms with Crippen LogP contribution in [0.15, 0.2) is 49.1 Å². The number of aryl methyl sites for hydroxylation is 1. The summed E-state index contributed by atoms with van der Waals surface area (Å²) >= 11 is 0. The predicted molar refractivity (Wildman–Crippen MR) is 181 cm³/mol. The molecule has 0 radical (unpaired) electrons. The molecule has 0 bridgehead atoms. The van der Waals surface area contributed by atoms with Crippen LogP contribution >= 0.6 is 0 Å². The van der Waals surface area contributed by atoms with Crippen LogP contribution < -0.4 is 14.5 Å². The second-order valence-electron chi connectivity index (χ2n) is 12.9. The number of fused-ring (bicyclic) bond motifs is 2. The van der Waals surface area contributed by atoms with E-state index in [9.17, 15) is 15.3 Å². The van der Waals surface area contributed by atoms with Crippen LogP contribution in [0.1, 0.15) is 55.5 Å². The summed E-state index contributed by atoms with van der Waals surface area (Å²) < 4.78 is 6.52. The molecule has 6 rings (SSSR count). The molecule has 0 saturated carbocycles. The van der Waals surface area contributed by atoms with Gasteiger partial charge in [-0.1, -0.05) is 36.9 Å². The Labute approximate surface area is 272 Å². The number of hydrogen-bond donors (Lipinski definition) is 0. The molecule has 1 amide bonds. The van der Waals surface area contributed by atoms with E-state index in [1.165, 1.54) is 28.1 Å². The highest BCUT2D eigenvalue weighted by Crippen LogP contribution is 2.40. The Morgan fingerprint density at radius 1 is 1.11 bits per heavy atom. The molecular formula is C37H43N7O2. The maximum Gasteiger partial charge on any atom is 0.246 e. The van der Waals surface area contributed by atoms with Crippen molar-refractivity contribution in [1.29, 1.82) is 10.5 Å². The van der Waals surface area contributed by atoms with Crippen molar-refractivity contribution >= 4 is 28.1 Å². The maximum absolute atomic E-state index is 12.7. The van der Waals surface area contributed by atoms with Gasteiger partial charge in [-0.3, -0.25) is 9.69 Å². The zero-order valence-corrected chi connectivity index (χ0v) is 27.2. The van der Waals surface area contributed by atoms with E-state index in [0.29, 0.717) is 56.7 Å². The van der Waals surface area contributed by atoms with E-state index in [1.54, 1.807) is 4.90 Å². The Morgan fingerprint density at radius 2 is 1.91 bits per heavy atom. The van der Waals surface area contributed by atoms with Crippen molar-refractivity contribution in [3.8, 4) is 18.0 Å². The Hall–Kier alpha value is -4.60. The normalized spacial score (nSPS) is 20.0. The summed E-state index contributed by atoms with van der Waals surface area (Å²) in [6, 6.07) is 18.0. The van der Waals surface area contributed by atoms with E-state index < -0.39 is 0 Å². The fourth-order valence-corrected chi connectivity index (χ4v) is 7.70. The summed E-state index contributed by atoms with van der Waals surface area (Å²) in [5.41, 5.74) is 5.67. The van der Waals surface area contributed by atoms with Crippen LogP contribution in [0.4, 0.5) is 11.4 Å². The molecular weight excluding hydrogens is 574 g/mol. The number of nitriles is 2. The second kappa shape index (κ2) is 13.4. The molecule has 46 heavy (non-hydrogen) atoms. The highest BCUT2D eigenvalue weighted by Gasteiger charge is 2.35. The molecule has 2 saturated heterocycles. The number of piperazine rings is 1. The van der Waals surface area contributed by atoms with Gasteiger partial charge in [0.2, 0.25) is 11.8 Å². The number of likely N-dealkylation sites (tertiary alicyclic amines) is 1. The molecule has 3 aliphatic heterocycles. The van der Waals surface area contributed by atoms with Gasteiger partial charge in [-0.05, 0) is 69.7 Å². The van der Waals surface area contributed by atoms with Gasteiger partial charge in [0.15, 0.2) is 0 Å². The SMILES string of the molecule is C=CC(=O)N1CCN(c2c(C#N)c(OCC3CCCN3C(C)C)nc3c2CCN(c2cccc4cccc(C)c24)C3)CC1CC#N. The average Bonchev–Trinajstić information content (AvgIpc) is 3.55. The van der Waals surface area contributed by atoms with Crippen LogP contribution in [-0.4, -0.2) is 78.1 Å². The number of amides is 1. The van der Waals surface area contributed by atoms with Crippen LogP contribution in [0.3, 0.4) is 0 Å². The van der Waals surface area contributed by atoms with Gasteiger partial charge >= 0.3 is 0 Å². The summed E-state index contributed by atoms with van der Waals surface area (Å²) in [6.07, 6.45) is 4.42. The molecule has 9 nitrogen and oxygen atoms in total. The van der Waals surface area contributed by atoms with E-state index >= 15 is 0 Å². The highest BCUT2D eigenvalue weighted by atomic mass is 16.5. The first-order chi connectivity index (χ1) is 22.3. The van der Waals surface area contributed by atoms with Crippen LogP contribution in [0, 0.1) is 29.6 Å². The third-order valence-electron chi connectivity index (χ3n) is 9.92. The zero-order valence-electron chi connectivity index (χ0n) is 27.2. The molecule has 2 aromatic carbocycles. The van der Waals surface area contributed by atoms with E-state index in [2.05, 4.69) is 90.6 Å². The van der Waals surface area contributed by atoms with Gasteiger partial charge in [-0.25, -0.2) is 4.98 Å². The van der Waals surface area contributed by atoms with Crippen molar-refractivity contribution in [2.75, 3.05) is 49.1 Å². The summed E-state index contributed by atoms with van der Waals surface area (Å²) in [7, 11) is 0. The number of hydrogen-bond acceptors (Lipinski definition) is 8. The van der Waals surface area contributed by atoms with Crippen molar-refractivity contribution in [3.63, 3.8) is 0 Å². The Balaban J connectivity index is 1.40. The number of benzene rings is 2. The first-order valence-electron chi connectivity index (χ1n) is 16.5. The number of ether oxygens (including phenoxy) is 1. The molecule has 9 heteroatoms. The summed E-state index contributed by atoms with van der Waals surface area (Å²) in [6.45, 7) is 14.6. The van der Waals surface area contributed by atoms with E-state index in [4.69, 9.17) is 9.72 Å². The van der Waals surface area contributed by atoms with E-state index in [1.807, 2.05) is 0 Å². The van der Waals surface area contributed by atoms with E-state index in [-0.39, 0.29) is 24.4 Å². The molecule has 4 heterocycles. The van der Waals surface area contributed by atoms with Crippen molar-refractivity contribution in [3.05, 3.63) is 71.4 Å². The minimum absolute atomic E-state index is 0.173. The molecule has 1 aromatic heterocycles. The largest absolute Gasteiger partial charge is 0.475 e. The first kappa shape index (κ1) is 31.4.